The normalized spacial score (nSPS) is 15.1. The molecule has 0 N–H and O–H groups in total. The van der Waals surface area contributed by atoms with Crippen LogP contribution < -0.4 is 5.01 Å². The minimum atomic E-state index is -0.963. The van der Waals surface area contributed by atoms with Crippen molar-refractivity contribution >= 4 is 33.6 Å². The van der Waals surface area contributed by atoms with Crippen molar-refractivity contribution in [3.63, 3.8) is 0 Å². The van der Waals surface area contributed by atoms with Gasteiger partial charge in [0.2, 0.25) is 11.8 Å². The maximum absolute atomic E-state index is 6.42. The van der Waals surface area contributed by atoms with E-state index in [1.165, 1.54) is 0 Å². The van der Waals surface area contributed by atoms with E-state index in [0.717, 1.165) is 28.0 Å². The van der Waals surface area contributed by atoms with Crippen molar-refractivity contribution in [2.45, 2.75) is 5.41 Å². The predicted molar refractivity (Wildman–Crippen MR) is 136 cm³/mol. The summed E-state index contributed by atoms with van der Waals surface area (Å²) in [6, 6.07) is 35.7. The molecule has 0 saturated carbocycles. The Hall–Kier alpha value is -4.71. The number of rotatable bonds is 4. The van der Waals surface area contributed by atoms with E-state index < -0.39 is 5.41 Å². The Balaban J connectivity index is 1.54. The van der Waals surface area contributed by atoms with E-state index in [2.05, 4.69) is 0 Å². The van der Waals surface area contributed by atoms with Crippen LogP contribution in [0.5, 0.6) is 0 Å². The Morgan fingerprint density at radius 1 is 0.600 bits per heavy atom. The van der Waals surface area contributed by atoms with Crippen molar-refractivity contribution in [1.29, 1.82) is 0 Å². The molecule has 0 saturated heterocycles. The van der Waals surface area contributed by atoms with Crippen molar-refractivity contribution < 1.29 is 8.83 Å². The van der Waals surface area contributed by atoms with E-state index in [1.54, 1.807) is 0 Å². The average molecular weight is 457 g/mol. The highest BCUT2D eigenvalue weighted by atomic mass is 16.4. The number of oxazole rings is 2. The molecule has 6 nitrogen and oxygen atoms in total. The topological polar surface area (TPSA) is 67.7 Å². The smallest absolute Gasteiger partial charge is 0.219 e. The third-order valence-electron chi connectivity index (χ3n) is 6.43. The first-order chi connectivity index (χ1) is 17.3. The van der Waals surface area contributed by atoms with Crippen LogP contribution in [-0.2, 0) is 5.41 Å². The first-order valence-electron chi connectivity index (χ1n) is 11.5. The van der Waals surface area contributed by atoms with Crippen LogP contribution in [0, 0.1) is 0 Å². The molecule has 0 bridgehead atoms. The molecule has 0 radical (unpaired) electrons. The van der Waals surface area contributed by atoms with Crippen LogP contribution in [0.25, 0.3) is 22.2 Å². The van der Waals surface area contributed by atoms with Crippen molar-refractivity contribution in [1.82, 2.24) is 9.97 Å². The zero-order chi connectivity index (χ0) is 23.2. The lowest BCUT2D eigenvalue weighted by Crippen LogP contribution is -2.41. The third kappa shape index (κ3) is 3.07. The van der Waals surface area contributed by atoms with Gasteiger partial charge in [0.05, 0.1) is 17.9 Å². The Labute approximate surface area is 201 Å². The number of anilines is 1. The fraction of sp³-hybridized carbons (Fsp3) is 0.0690. The van der Waals surface area contributed by atoms with Gasteiger partial charge in [-0.15, -0.1) is 0 Å². The van der Waals surface area contributed by atoms with Gasteiger partial charge in [-0.3, -0.25) is 5.01 Å². The van der Waals surface area contributed by atoms with Gasteiger partial charge in [-0.2, -0.15) is 5.10 Å². The van der Waals surface area contributed by atoms with Crippen LogP contribution in [0.4, 0.5) is 5.69 Å². The highest BCUT2D eigenvalue weighted by Crippen LogP contribution is 2.43. The van der Waals surface area contributed by atoms with Gasteiger partial charge < -0.3 is 8.83 Å². The molecular formula is C29H20N4O2. The second kappa shape index (κ2) is 7.67. The van der Waals surface area contributed by atoms with Crippen LogP contribution in [0.3, 0.4) is 0 Å². The minimum Gasteiger partial charge on any atom is -0.439 e. The summed E-state index contributed by atoms with van der Waals surface area (Å²) in [4.78, 5) is 9.89. The molecule has 3 heterocycles. The summed E-state index contributed by atoms with van der Waals surface area (Å²) in [5.41, 5.74) is 4.72. The molecule has 0 aliphatic carbocycles. The lowest BCUT2D eigenvalue weighted by atomic mass is 9.79. The first kappa shape index (κ1) is 19.7. The predicted octanol–water partition coefficient (Wildman–Crippen LogP) is 6.18. The second-order valence-corrected chi connectivity index (χ2v) is 8.59. The van der Waals surface area contributed by atoms with Gasteiger partial charge in [-0.1, -0.05) is 72.8 Å². The molecule has 0 unspecified atom stereocenters. The van der Waals surface area contributed by atoms with Gasteiger partial charge in [0.25, 0.3) is 0 Å². The van der Waals surface area contributed by atoms with Gasteiger partial charge in [-0.25, -0.2) is 9.97 Å². The summed E-state index contributed by atoms with van der Waals surface area (Å²) in [5.74, 6) is 1.01. The number of fused-ring (bicyclic) bond motifs is 2. The summed E-state index contributed by atoms with van der Waals surface area (Å²) in [6.07, 6.45) is 0. The highest BCUT2D eigenvalue weighted by Gasteiger charge is 2.54. The summed E-state index contributed by atoms with van der Waals surface area (Å²) in [5, 5.41) is 7.10. The molecule has 0 atom stereocenters. The Kier molecular flexibility index (Phi) is 4.32. The average Bonchev–Trinajstić information content (AvgIpc) is 3.65. The molecule has 0 amide bonds. The maximum Gasteiger partial charge on any atom is 0.219 e. The minimum absolute atomic E-state index is 0.431. The lowest BCUT2D eigenvalue weighted by molar-refractivity contribution is 0.397. The molecule has 6 heteroatoms. The standard InChI is InChI=1S/C29H20N4O2/c1-3-11-20(12-4-1)26-29(19-33(32-26)21-13-5-2-6-14-21,27-30-22-15-7-9-17-24(22)34-27)28-31-23-16-8-10-18-25(23)35-28/h1-18H,19H2. The first-order valence-corrected chi connectivity index (χ1v) is 11.5. The van der Waals surface area contributed by atoms with E-state index in [-0.39, 0.29) is 0 Å². The van der Waals surface area contributed by atoms with Gasteiger partial charge >= 0.3 is 0 Å². The number of hydrazone groups is 1. The number of nitrogens with zero attached hydrogens (tertiary/aromatic N) is 4. The molecule has 0 spiro atoms. The second-order valence-electron chi connectivity index (χ2n) is 8.59. The lowest BCUT2D eigenvalue weighted by Gasteiger charge is -2.25. The van der Waals surface area contributed by atoms with E-state index in [1.807, 2.05) is 114 Å². The number of benzene rings is 4. The maximum atomic E-state index is 6.42. The molecule has 6 aromatic rings. The fourth-order valence-corrected chi connectivity index (χ4v) is 4.73. The number of hydrogen-bond acceptors (Lipinski definition) is 6. The van der Waals surface area contributed by atoms with Crippen molar-refractivity contribution in [3.8, 4) is 0 Å². The van der Waals surface area contributed by atoms with Crippen LogP contribution in [-0.4, -0.2) is 22.2 Å². The summed E-state index contributed by atoms with van der Waals surface area (Å²) < 4.78 is 12.8. The highest BCUT2D eigenvalue weighted by molar-refractivity contribution is 6.12. The van der Waals surface area contributed by atoms with Crippen molar-refractivity contribution in [2.75, 3.05) is 11.6 Å². The summed E-state index contributed by atoms with van der Waals surface area (Å²) >= 11 is 0. The molecule has 168 valence electrons. The van der Waals surface area contributed by atoms with E-state index in [0.29, 0.717) is 29.5 Å². The van der Waals surface area contributed by atoms with Gasteiger partial charge in [0, 0.05) is 0 Å². The number of aromatic nitrogens is 2. The molecular weight excluding hydrogens is 436 g/mol. The van der Waals surface area contributed by atoms with Gasteiger partial charge in [-0.05, 0) is 42.0 Å². The molecule has 4 aromatic carbocycles. The molecule has 1 aliphatic heterocycles. The van der Waals surface area contributed by atoms with Crippen LogP contribution in [0.15, 0.2) is 123 Å². The van der Waals surface area contributed by atoms with E-state index in [9.17, 15) is 0 Å². The van der Waals surface area contributed by atoms with Crippen LogP contribution >= 0.6 is 0 Å². The Morgan fingerprint density at radius 2 is 1.11 bits per heavy atom. The van der Waals surface area contributed by atoms with Crippen molar-refractivity contribution in [3.05, 3.63) is 127 Å². The van der Waals surface area contributed by atoms with Gasteiger partial charge in [0.1, 0.15) is 11.0 Å². The molecule has 1 aliphatic rings. The zero-order valence-corrected chi connectivity index (χ0v) is 18.7. The molecule has 0 fully saturated rings. The molecule has 7 rings (SSSR count). The molecule has 35 heavy (non-hydrogen) atoms. The third-order valence-corrected chi connectivity index (χ3v) is 6.43. The Morgan fingerprint density at radius 3 is 1.69 bits per heavy atom. The van der Waals surface area contributed by atoms with E-state index >= 15 is 0 Å². The van der Waals surface area contributed by atoms with Crippen LogP contribution in [0.2, 0.25) is 0 Å². The largest absolute Gasteiger partial charge is 0.439 e. The van der Waals surface area contributed by atoms with Crippen molar-refractivity contribution in [2.24, 2.45) is 5.10 Å². The summed E-state index contributed by atoms with van der Waals surface area (Å²) in [6.45, 7) is 0.431. The quantitative estimate of drug-likeness (QED) is 0.317. The molecule has 2 aromatic heterocycles. The number of hydrogen-bond donors (Lipinski definition) is 0. The Bertz CT molecular complexity index is 1550. The number of para-hydroxylation sites is 5. The monoisotopic (exact) mass is 456 g/mol. The zero-order valence-electron chi connectivity index (χ0n) is 18.7. The van der Waals surface area contributed by atoms with Crippen LogP contribution in [0.1, 0.15) is 17.3 Å². The van der Waals surface area contributed by atoms with E-state index in [4.69, 9.17) is 23.9 Å². The SMILES string of the molecule is c1ccc(C2=NN(c3ccccc3)CC2(c2nc3ccccc3o2)c2nc3ccccc3o2)cc1. The van der Waals surface area contributed by atoms with Gasteiger partial charge in [0.15, 0.2) is 16.6 Å². The summed E-state index contributed by atoms with van der Waals surface area (Å²) in [7, 11) is 0. The fourth-order valence-electron chi connectivity index (χ4n) is 4.73.